The maximum atomic E-state index is 14.2. The Kier molecular flexibility index (Phi) is 13.5. The number of nitrogens with one attached hydrogen (secondary N) is 2. The summed E-state index contributed by atoms with van der Waals surface area (Å²) in [5, 5.41) is 15.7. The minimum Gasteiger partial charge on any atom is -0.478 e. The van der Waals surface area contributed by atoms with Gasteiger partial charge in [-0.05, 0) is 50.5 Å². The number of amides is 3. The summed E-state index contributed by atoms with van der Waals surface area (Å²) in [5.41, 5.74) is -1.27. The number of carbonyl (C=O) groups is 4. The number of aliphatic carboxylic acids is 1. The summed E-state index contributed by atoms with van der Waals surface area (Å²) in [6.07, 6.45) is 2.92. The van der Waals surface area contributed by atoms with Gasteiger partial charge in [0.15, 0.2) is 0 Å². The molecule has 3 atom stereocenters. The highest BCUT2D eigenvalue weighted by Crippen LogP contribution is 2.32. The van der Waals surface area contributed by atoms with Crippen LogP contribution < -0.4 is 10.6 Å². The monoisotopic (exact) mass is 601 g/mol. The summed E-state index contributed by atoms with van der Waals surface area (Å²) in [6.45, 7) is 20.4. The smallest absolute Gasteiger partial charge is 0.410 e. The topological polar surface area (TPSA) is 125 Å². The molecule has 242 valence electrons. The van der Waals surface area contributed by atoms with Crippen LogP contribution in [0.5, 0.6) is 0 Å². The van der Waals surface area contributed by atoms with Gasteiger partial charge in [-0.2, -0.15) is 0 Å². The molecule has 3 N–H and O–H groups in total. The van der Waals surface area contributed by atoms with E-state index in [1.807, 2.05) is 85.7 Å². The van der Waals surface area contributed by atoms with Crippen LogP contribution in [0.25, 0.3) is 0 Å². The van der Waals surface area contributed by atoms with E-state index < -0.39 is 58.4 Å². The van der Waals surface area contributed by atoms with Gasteiger partial charge in [0.2, 0.25) is 11.8 Å². The number of carboxylic acid groups (broad SMARTS) is 1. The van der Waals surface area contributed by atoms with Crippen molar-refractivity contribution < 1.29 is 29.0 Å². The van der Waals surface area contributed by atoms with Crippen molar-refractivity contribution in [2.75, 3.05) is 7.05 Å². The number of hydrogen-bond donors (Lipinski definition) is 3. The number of ether oxygens (including phenoxy) is 1. The van der Waals surface area contributed by atoms with Crippen LogP contribution in [-0.2, 0) is 24.5 Å². The summed E-state index contributed by atoms with van der Waals surface area (Å²) >= 11 is 0. The van der Waals surface area contributed by atoms with Crippen molar-refractivity contribution in [3.63, 3.8) is 0 Å². The molecule has 3 amide bonds. The molecular formula is C34H55N3O6. The highest BCUT2D eigenvalue weighted by molar-refractivity contribution is 5.93. The lowest BCUT2D eigenvalue weighted by molar-refractivity contribution is -0.135. The van der Waals surface area contributed by atoms with Crippen molar-refractivity contribution >= 4 is 23.9 Å². The third-order valence-corrected chi connectivity index (χ3v) is 7.42. The zero-order valence-corrected chi connectivity index (χ0v) is 28.3. The molecule has 0 aliphatic heterocycles. The molecule has 0 unspecified atom stereocenters. The average Bonchev–Trinajstić information content (AvgIpc) is 2.87. The molecule has 0 fully saturated rings. The third-order valence-electron chi connectivity index (χ3n) is 7.42. The van der Waals surface area contributed by atoms with Crippen LogP contribution in [0.4, 0.5) is 4.79 Å². The van der Waals surface area contributed by atoms with Crippen molar-refractivity contribution in [1.82, 2.24) is 15.5 Å². The molecule has 0 aromatic heterocycles. The standard InChI is InChI=1S/C34H55N3O6/c1-13-14-18-23(30(40)41)21-25(22(2)3)35-28(38)26(32(4,5)6)36-29(39)27(37(12)31(42)43-33(7,8)9)34(10,11)24-19-16-15-17-20-24/h15-17,19-22,25-27H,13-14,18H2,1-12H3,(H,35,38)(H,36,39)(H,40,41)/b23-21+/t25-,26-,27-/m1/s1. The number of hydrogen-bond acceptors (Lipinski definition) is 5. The second-order valence-corrected chi connectivity index (χ2v) is 14.3. The Morgan fingerprint density at radius 1 is 0.930 bits per heavy atom. The first-order valence-corrected chi connectivity index (χ1v) is 15.2. The fraction of sp³-hybridized carbons (Fsp3) is 0.647. The number of benzene rings is 1. The quantitative estimate of drug-likeness (QED) is 0.236. The van der Waals surface area contributed by atoms with Gasteiger partial charge in [0.1, 0.15) is 17.7 Å². The van der Waals surface area contributed by atoms with Gasteiger partial charge in [-0.1, -0.05) is 98.2 Å². The Labute approximate surface area is 258 Å². The van der Waals surface area contributed by atoms with Crippen LogP contribution in [-0.4, -0.2) is 64.7 Å². The van der Waals surface area contributed by atoms with Crippen molar-refractivity contribution in [2.45, 2.75) is 125 Å². The number of likely N-dealkylation sites (N-methyl/N-ethyl adjacent to an activating group) is 1. The predicted molar refractivity (Wildman–Crippen MR) is 171 cm³/mol. The minimum atomic E-state index is -1.03. The molecular weight excluding hydrogens is 546 g/mol. The number of carbonyl (C=O) groups excluding carboxylic acids is 3. The fourth-order valence-electron chi connectivity index (χ4n) is 4.84. The molecule has 0 bridgehead atoms. The second kappa shape index (κ2) is 15.4. The van der Waals surface area contributed by atoms with E-state index >= 15 is 0 Å². The molecule has 1 rings (SSSR count). The lowest BCUT2D eigenvalue weighted by Crippen LogP contribution is -2.63. The average molecular weight is 602 g/mol. The number of carboxylic acids is 1. The first-order chi connectivity index (χ1) is 19.6. The molecule has 0 aliphatic rings. The minimum absolute atomic E-state index is 0.0979. The van der Waals surface area contributed by atoms with Gasteiger partial charge in [0.05, 0.1) is 6.04 Å². The Bertz CT molecular complexity index is 1130. The van der Waals surface area contributed by atoms with E-state index in [2.05, 4.69) is 10.6 Å². The molecule has 1 aromatic rings. The molecule has 0 spiro atoms. The van der Waals surface area contributed by atoms with Crippen LogP contribution in [0.2, 0.25) is 0 Å². The van der Waals surface area contributed by atoms with Gasteiger partial charge in [-0.15, -0.1) is 0 Å². The number of rotatable bonds is 13. The molecule has 43 heavy (non-hydrogen) atoms. The van der Waals surface area contributed by atoms with Crippen molar-refractivity contribution in [2.24, 2.45) is 11.3 Å². The van der Waals surface area contributed by atoms with E-state index in [0.29, 0.717) is 6.42 Å². The van der Waals surface area contributed by atoms with E-state index in [-0.39, 0.29) is 11.5 Å². The molecule has 9 nitrogen and oxygen atoms in total. The first kappa shape index (κ1) is 37.7. The Morgan fingerprint density at radius 2 is 1.49 bits per heavy atom. The normalized spacial score (nSPS) is 14.9. The van der Waals surface area contributed by atoms with Crippen molar-refractivity contribution in [3.8, 4) is 0 Å². The molecule has 0 saturated carbocycles. The van der Waals surface area contributed by atoms with E-state index in [1.165, 1.54) is 11.9 Å². The predicted octanol–water partition coefficient (Wildman–Crippen LogP) is 6.07. The largest absolute Gasteiger partial charge is 0.478 e. The Morgan fingerprint density at radius 3 is 1.93 bits per heavy atom. The van der Waals surface area contributed by atoms with E-state index in [1.54, 1.807) is 26.8 Å². The van der Waals surface area contributed by atoms with Gasteiger partial charge in [0, 0.05) is 18.0 Å². The van der Waals surface area contributed by atoms with Crippen molar-refractivity contribution in [1.29, 1.82) is 0 Å². The lowest BCUT2D eigenvalue weighted by Gasteiger charge is -2.41. The van der Waals surface area contributed by atoms with Crippen LogP contribution in [0.3, 0.4) is 0 Å². The Hall–Kier alpha value is -3.36. The summed E-state index contributed by atoms with van der Waals surface area (Å²) in [6, 6.07) is 6.84. The zero-order valence-electron chi connectivity index (χ0n) is 28.3. The lowest BCUT2D eigenvalue weighted by atomic mass is 9.76. The number of nitrogens with zero attached hydrogens (tertiary/aromatic N) is 1. The highest BCUT2D eigenvalue weighted by atomic mass is 16.6. The molecule has 1 aromatic carbocycles. The zero-order chi connectivity index (χ0) is 33.3. The molecule has 0 radical (unpaired) electrons. The van der Waals surface area contributed by atoms with E-state index in [4.69, 9.17) is 4.74 Å². The van der Waals surface area contributed by atoms with Crippen molar-refractivity contribution in [3.05, 3.63) is 47.5 Å². The summed E-state index contributed by atoms with van der Waals surface area (Å²) in [7, 11) is 1.53. The Balaban J connectivity index is 3.51. The highest BCUT2D eigenvalue weighted by Gasteiger charge is 2.45. The van der Waals surface area contributed by atoms with Gasteiger partial charge in [-0.25, -0.2) is 9.59 Å². The molecule has 0 saturated heterocycles. The van der Waals surface area contributed by atoms with Gasteiger partial charge < -0.3 is 20.5 Å². The third kappa shape index (κ3) is 11.3. The molecule has 0 aliphatic carbocycles. The molecule has 9 heteroatoms. The van der Waals surface area contributed by atoms with Crippen LogP contribution in [0.15, 0.2) is 42.0 Å². The second-order valence-electron chi connectivity index (χ2n) is 14.3. The van der Waals surface area contributed by atoms with Gasteiger partial charge in [-0.3, -0.25) is 14.5 Å². The van der Waals surface area contributed by atoms with E-state index in [0.717, 1.165) is 18.4 Å². The van der Waals surface area contributed by atoms with Crippen LogP contribution in [0.1, 0.15) is 101 Å². The van der Waals surface area contributed by atoms with Crippen LogP contribution >= 0.6 is 0 Å². The van der Waals surface area contributed by atoms with E-state index in [9.17, 15) is 24.3 Å². The SMILES string of the molecule is CCCC/C(=C\[C@@H](NC(=O)[C@@H](NC(=O)[C@@H](N(C)C(=O)OC(C)(C)C)C(C)(C)c1ccccc1)C(C)(C)C)C(C)C)C(=O)O. The van der Waals surface area contributed by atoms with Gasteiger partial charge >= 0.3 is 12.1 Å². The summed E-state index contributed by atoms with van der Waals surface area (Å²) < 4.78 is 5.62. The first-order valence-electron chi connectivity index (χ1n) is 15.2. The van der Waals surface area contributed by atoms with Gasteiger partial charge in [0.25, 0.3) is 0 Å². The van der Waals surface area contributed by atoms with Crippen LogP contribution in [0, 0.1) is 11.3 Å². The fourth-order valence-corrected chi connectivity index (χ4v) is 4.84. The summed E-state index contributed by atoms with van der Waals surface area (Å²) in [5.74, 6) is -2.06. The molecule has 0 heterocycles. The maximum Gasteiger partial charge on any atom is 0.410 e. The number of unbranched alkanes of at least 4 members (excludes halogenated alkanes) is 1. The summed E-state index contributed by atoms with van der Waals surface area (Å²) in [4.78, 5) is 54.5. The maximum absolute atomic E-state index is 14.2.